The molecule has 1 amide bonds. The molecule has 0 bridgehead atoms. The van der Waals surface area contributed by atoms with E-state index in [1.54, 1.807) is 12.1 Å². The summed E-state index contributed by atoms with van der Waals surface area (Å²) in [6.07, 6.45) is 1.16. The van der Waals surface area contributed by atoms with E-state index in [-0.39, 0.29) is 11.6 Å². The highest BCUT2D eigenvalue weighted by atomic mass is 35.5. The largest absolute Gasteiger partial charge is 0.493 e. The predicted octanol–water partition coefficient (Wildman–Crippen LogP) is 1.75. The molecule has 1 fully saturated rings. The smallest absolute Gasteiger partial charge is 0.305 e. The minimum absolute atomic E-state index is 0.245. The molecule has 0 aromatic heterocycles. The Bertz CT molecular complexity index is 723. The Labute approximate surface area is 146 Å². The standard InChI is InChI=1S/C14H14ClN3O5S/c1-22-9-4-7(3-8(15)12(9)23-2)6-16-18-14-17-13(21)10(24-14)5-11(19)20/h3-4,6,10H,5H2,1-2H3,(H,19,20)(H,17,18,21)/b16-6-/t10-/m1/s1. The number of thioether (sulfide) groups is 1. The summed E-state index contributed by atoms with van der Waals surface area (Å²) in [4.78, 5) is 22.2. The SMILES string of the molecule is COc1cc(/C=N\N=C2\NC(=O)[C@@H](CC(=O)O)S2)cc(Cl)c1OC. The summed E-state index contributed by atoms with van der Waals surface area (Å²) >= 11 is 7.11. The quantitative estimate of drug-likeness (QED) is 0.582. The van der Waals surface area contributed by atoms with Crippen molar-refractivity contribution in [3.8, 4) is 11.5 Å². The van der Waals surface area contributed by atoms with E-state index in [1.165, 1.54) is 20.4 Å². The first-order chi connectivity index (χ1) is 11.4. The Morgan fingerprint density at radius 1 is 1.46 bits per heavy atom. The number of halogens is 1. The van der Waals surface area contributed by atoms with Crippen LogP contribution in [0.4, 0.5) is 0 Å². The number of nitrogens with zero attached hydrogens (tertiary/aromatic N) is 2. The Balaban J connectivity index is 2.10. The van der Waals surface area contributed by atoms with Gasteiger partial charge < -0.3 is 19.9 Å². The second-order valence-corrected chi connectivity index (χ2v) is 6.18. The van der Waals surface area contributed by atoms with E-state index in [2.05, 4.69) is 15.5 Å². The molecule has 1 aromatic carbocycles. The Morgan fingerprint density at radius 3 is 2.83 bits per heavy atom. The average Bonchev–Trinajstić information content (AvgIpc) is 2.85. The molecule has 0 spiro atoms. The van der Waals surface area contributed by atoms with Gasteiger partial charge >= 0.3 is 5.97 Å². The van der Waals surface area contributed by atoms with Gasteiger partial charge in [-0.15, -0.1) is 5.10 Å². The minimum Gasteiger partial charge on any atom is -0.493 e. The summed E-state index contributed by atoms with van der Waals surface area (Å²) < 4.78 is 10.3. The zero-order valence-electron chi connectivity index (χ0n) is 12.8. The van der Waals surface area contributed by atoms with Crippen molar-refractivity contribution in [3.63, 3.8) is 0 Å². The van der Waals surface area contributed by atoms with E-state index in [0.717, 1.165) is 11.8 Å². The van der Waals surface area contributed by atoms with Crippen molar-refractivity contribution in [2.75, 3.05) is 14.2 Å². The van der Waals surface area contributed by atoms with E-state index >= 15 is 0 Å². The molecule has 2 N–H and O–H groups in total. The monoisotopic (exact) mass is 371 g/mol. The number of carbonyl (C=O) groups excluding carboxylic acids is 1. The van der Waals surface area contributed by atoms with Crippen molar-refractivity contribution in [3.05, 3.63) is 22.7 Å². The first-order valence-corrected chi connectivity index (χ1v) is 7.92. The number of carbonyl (C=O) groups is 2. The van der Waals surface area contributed by atoms with Crippen LogP contribution in [0.2, 0.25) is 5.02 Å². The number of ether oxygens (including phenoxy) is 2. The highest BCUT2D eigenvalue weighted by Crippen LogP contribution is 2.35. The number of methoxy groups -OCH3 is 2. The number of amidine groups is 1. The summed E-state index contributed by atoms with van der Waals surface area (Å²) in [7, 11) is 2.97. The van der Waals surface area contributed by atoms with Crippen molar-refractivity contribution in [1.82, 2.24) is 5.32 Å². The molecule has 1 aromatic rings. The Morgan fingerprint density at radius 2 is 2.21 bits per heavy atom. The highest BCUT2D eigenvalue weighted by molar-refractivity contribution is 8.15. The van der Waals surface area contributed by atoms with Gasteiger partial charge in [-0.3, -0.25) is 9.59 Å². The van der Waals surface area contributed by atoms with Crippen molar-refractivity contribution < 1.29 is 24.2 Å². The van der Waals surface area contributed by atoms with E-state index < -0.39 is 17.1 Å². The fourth-order valence-electron chi connectivity index (χ4n) is 1.91. The fraction of sp³-hybridized carbons (Fsp3) is 0.286. The molecule has 0 aliphatic carbocycles. The van der Waals surface area contributed by atoms with Gasteiger partial charge in [0.2, 0.25) is 5.91 Å². The summed E-state index contributed by atoms with van der Waals surface area (Å²) in [5, 5.41) is 18.8. The number of hydrogen-bond donors (Lipinski definition) is 2. The van der Waals surface area contributed by atoms with Gasteiger partial charge in [-0.2, -0.15) is 5.10 Å². The molecule has 2 rings (SSSR count). The van der Waals surface area contributed by atoms with E-state index in [1.807, 2.05) is 0 Å². The lowest BCUT2D eigenvalue weighted by atomic mass is 10.2. The average molecular weight is 372 g/mol. The molecule has 0 saturated carbocycles. The predicted molar refractivity (Wildman–Crippen MR) is 91.4 cm³/mol. The topological polar surface area (TPSA) is 110 Å². The molecular weight excluding hydrogens is 358 g/mol. The van der Waals surface area contributed by atoms with Gasteiger partial charge in [-0.25, -0.2) is 0 Å². The summed E-state index contributed by atoms with van der Waals surface area (Å²) in [6, 6.07) is 3.29. The number of benzene rings is 1. The first-order valence-electron chi connectivity index (χ1n) is 6.66. The molecule has 24 heavy (non-hydrogen) atoms. The number of amides is 1. The van der Waals surface area contributed by atoms with Crippen LogP contribution >= 0.6 is 23.4 Å². The molecule has 1 saturated heterocycles. The number of hydrogen-bond acceptors (Lipinski definition) is 7. The molecule has 10 heteroatoms. The molecule has 1 atom stereocenters. The van der Waals surface area contributed by atoms with Crippen molar-refractivity contribution >= 4 is 46.6 Å². The molecule has 128 valence electrons. The minimum atomic E-state index is -1.05. The van der Waals surface area contributed by atoms with Crippen LogP contribution in [0.1, 0.15) is 12.0 Å². The third kappa shape index (κ3) is 4.39. The van der Waals surface area contributed by atoms with Crippen LogP contribution in [0.5, 0.6) is 11.5 Å². The number of nitrogens with one attached hydrogen (secondary N) is 1. The van der Waals surface area contributed by atoms with Crippen LogP contribution < -0.4 is 14.8 Å². The summed E-state index contributed by atoms with van der Waals surface area (Å²) in [6.45, 7) is 0. The molecule has 1 aliphatic rings. The highest BCUT2D eigenvalue weighted by Gasteiger charge is 2.32. The lowest BCUT2D eigenvalue weighted by Gasteiger charge is -2.09. The lowest BCUT2D eigenvalue weighted by molar-refractivity contribution is -0.138. The van der Waals surface area contributed by atoms with Crippen LogP contribution in [0.25, 0.3) is 0 Å². The van der Waals surface area contributed by atoms with Crippen LogP contribution in [-0.2, 0) is 9.59 Å². The second-order valence-electron chi connectivity index (χ2n) is 4.58. The van der Waals surface area contributed by atoms with Crippen molar-refractivity contribution in [1.29, 1.82) is 0 Å². The van der Waals surface area contributed by atoms with Gasteiger partial charge in [0.1, 0.15) is 5.25 Å². The molecule has 0 unspecified atom stereocenters. The number of aliphatic carboxylic acids is 1. The molecule has 8 nitrogen and oxygen atoms in total. The third-order valence-corrected chi connectivity index (χ3v) is 4.30. The van der Waals surface area contributed by atoms with Gasteiger partial charge in [0.15, 0.2) is 16.7 Å². The zero-order chi connectivity index (χ0) is 17.7. The van der Waals surface area contributed by atoms with Crippen molar-refractivity contribution in [2.45, 2.75) is 11.7 Å². The maximum atomic E-state index is 11.6. The van der Waals surface area contributed by atoms with E-state index in [4.69, 9.17) is 26.2 Å². The lowest BCUT2D eigenvalue weighted by Crippen LogP contribution is -2.26. The van der Waals surface area contributed by atoms with Gasteiger partial charge in [0, 0.05) is 5.56 Å². The number of rotatable bonds is 6. The molecule has 0 radical (unpaired) electrons. The summed E-state index contributed by atoms with van der Waals surface area (Å²) in [5.74, 6) is -0.584. The zero-order valence-corrected chi connectivity index (χ0v) is 14.3. The third-order valence-electron chi connectivity index (χ3n) is 2.95. The van der Waals surface area contributed by atoms with Crippen LogP contribution in [0.15, 0.2) is 22.3 Å². The molecular formula is C14H14ClN3O5S. The van der Waals surface area contributed by atoms with Crippen LogP contribution in [0.3, 0.4) is 0 Å². The normalized spacial score (nSPS) is 18.9. The maximum absolute atomic E-state index is 11.6. The van der Waals surface area contributed by atoms with Crippen LogP contribution in [0, 0.1) is 0 Å². The van der Waals surface area contributed by atoms with Gasteiger partial charge in [0.05, 0.1) is 31.9 Å². The summed E-state index contributed by atoms with van der Waals surface area (Å²) in [5.41, 5.74) is 0.624. The van der Waals surface area contributed by atoms with Gasteiger partial charge in [-0.05, 0) is 12.1 Å². The Kier molecular flexibility index (Phi) is 6.04. The first kappa shape index (κ1) is 18.1. The molecule has 1 heterocycles. The van der Waals surface area contributed by atoms with E-state index in [9.17, 15) is 9.59 Å². The second kappa shape index (κ2) is 8.02. The molecule has 1 aliphatic heterocycles. The van der Waals surface area contributed by atoms with Crippen LogP contribution in [-0.4, -0.2) is 47.8 Å². The maximum Gasteiger partial charge on any atom is 0.305 e. The van der Waals surface area contributed by atoms with E-state index in [0.29, 0.717) is 22.1 Å². The number of carboxylic acids is 1. The van der Waals surface area contributed by atoms with Gasteiger partial charge in [0.25, 0.3) is 0 Å². The number of carboxylic acid groups (broad SMARTS) is 1. The van der Waals surface area contributed by atoms with Crippen molar-refractivity contribution in [2.24, 2.45) is 10.2 Å². The fourth-order valence-corrected chi connectivity index (χ4v) is 3.12. The Hall–Kier alpha value is -2.26. The van der Waals surface area contributed by atoms with Gasteiger partial charge in [-0.1, -0.05) is 23.4 Å².